The fourth-order valence-corrected chi connectivity index (χ4v) is 2.45. The molecule has 1 aromatic heterocycles. The summed E-state index contributed by atoms with van der Waals surface area (Å²) in [4.78, 5) is 17.1. The minimum atomic E-state index is -1.04. The lowest BCUT2D eigenvalue weighted by Gasteiger charge is -2.25. The van der Waals surface area contributed by atoms with Gasteiger partial charge in [0, 0.05) is 6.42 Å². The summed E-state index contributed by atoms with van der Waals surface area (Å²) in [6.45, 7) is 7.12. The molecule has 2 rings (SSSR count). The van der Waals surface area contributed by atoms with E-state index in [1.165, 1.54) is 11.3 Å². The Hall–Kier alpha value is -1.25. The lowest BCUT2D eigenvalue weighted by molar-refractivity contribution is -0.207. The van der Waals surface area contributed by atoms with E-state index in [9.17, 15) is 9.90 Å². The van der Waals surface area contributed by atoms with Gasteiger partial charge in [-0.15, -0.1) is 10.2 Å². The second-order valence-corrected chi connectivity index (χ2v) is 6.49. The van der Waals surface area contributed by atoms with Crippen molar-refractivity contribution in [3.8, 4) is 0 Å². The van der Waals surface area contributed by atoms with E-state index < -0.39 is 24.0 Å². The SMILES string of the molecule is Cc1nnc(C2CC(O)ON2C(=O)OC(C)(C)C)s1. The first-order valence-electron chi connectivity index (χ1n) is 5.93. The summed E-state index contributed by atoms with van der Waals surface area (Å²) in [6, 6.07) is -0.462. The van der Waals surface area contributed by atoms with Gasteiger partial charge in [-0.3, -0.25) is 0 Å². The Labute approximate surface area is 115 Å². The fourth-order valence-electron chi connectivity index (χ4n) is 1.66. The van der Waals surface area contributed by atoms with Gasteiger partial charge in [0.05, 0.1) is 0 Å². The normalized spacial score (nSPS) is 23.7. The average molecular weight is 287 g/mol. The average Bonchev–Trinajstić information content (AvgIpc) is 2.81. The number of aryl methyl sites for hydroxylation is 1. The molecule has 1 fully saturated rings. The molecule has 1 N–H and O–H groups in total. The molecule has 0 spiro atoms. The lowest BCUT2D eigenvalue weighted by atomic mass is 10.2. The van der Waals surface area contributed by atoms with Crippen LogP contribution in [0.4, 0.5) is 4.79 Å². The highest BCUT2D eigenvalue weighted by Gasteiger charge is 2.41. The molecule has 7 nitrogen and oxygen atoms in total. The fraction of sp³-hybridized carbons (Fsp3) is 0.727. The van der Waals surface area contributed by atoms with E-state index in [1.54, 1.807) is 20.8 Å². The number of aliphatic hydroxyl groups excluding tert-OH is 1. The van der Waals surface area contributed by atoms with Crippen LogP contribution in [0.5, 0.6) is 0 Å². The number of carbonyl (C=O) groups is 1. The Bertz CT molecular complexity index is 471. The van der Waals surface area contributed by atoms with E-state index in [0.29, 0.717) is 5.01 Å². The van der Waals surface area contributed by atoms with Crippen LogP contribution >= 0.6 is 11.3 Å². The minimum absolute atomic E-state index is 0.258. The maximum atomic E-state index is 12.0. The number of carbonyl (C=O) groups excluding carboxylic acids is 1. The molecule has 1 aliphatic heterocycles. The molecule has 2 atom stereocenters. The Morgan fingerprint density at radius 1 is 1.53 bits per heavy atom. The second-order valence-electron chi connectivity index (χ2n) is 5.28. The molecule has 2 unspecified atom stereocenters. The molecular weight excluding hydrogens is 270 g/mol. The monoisotopic (exact) mass is 287 g/mol. The number of aliphatic hydroxyl groups is 1. The van der Waals surface area contributed by atoms with E-state index in [-0.39, 0.29) is 6.42 Å². The molecule has 19 heavy (non-hydrogen) atoms. The minimum Gasteiger partial charge on any atom is -0.442 e. The van der Waals surface area contributed by atoms with Crippen molar-refractivity contribution in [2.24, 2.45) is 0 Å². The third kappa shape index (κ3) is 3.40. The van der Waals surface area contributed by atoms with Gasteiger partial charge in [0.2, 0.25) is 0 Å². The highest BCUT2D eigenvalue weighted by molar-refractivity contribution is 7.11. The number of amides is 1. The second kappa shape index (κ2) is 5.03. The number of hydrogen-bond donors (Lipinski definition) is 1. The zero-order valence-corrected chi connectivity index (χ0v) is 12.1. The number of hydroxylamine groups is 2. The number of rotatable bonds is 1. The largest absolute Gasteiger partial charge is 0.442 e. The van der Waals surface area contributed by atoms with E-state index in [0.717, 1.165) is 10.1 Å². The number of nitrogens with zero attached hydrogens (tertiary/aromatic N) is 3. The summed E-state index contributed by atoms with van der Waals surface area (Å²) in [5.74, 6) is 0. The predicted octanol–water partition coefficient (Wildman–Crippen LogP) is 1.78. The van der Waals surface area contributed by atoms with Crippen LogP contribution in [0.25, 0.3) is 0 Å². The molecule has 1 saturated heterocycles. The third-order valence-electron chi connectivity index (χ3n) is 2.34. The van der Waals surface area contributed by atoms with Crippen molar-refractivity contribution in [2.45, 2.75) is 52.0 Å². The Balaban J connectivity index is 2.16. The summed E-state index contributed by atoms with van der Waals surface area (Å²) in [5.41, 5.74) is -0.629. The van der Waals surface area contributed by atoms with Gasteiger partial charge in [-0.2, -0.15) is 5.06 Å². The molecule has 2 heterocycles. The van der Waals surface area contributed by atoms with Crippen molar-refractivity contribution in [3.05, 3.63) is 10.0 Å². The van der Waals surface area contributed by atoms with Crippen LogP contribution in [-0.2, 0) is 9.57 Å². The maximum absolute atomic E-state index is 12.0. The number of aromatic nitrogens is 2. The Morgan fingerprint density at radius 3 is 2.74 bits per heavy atom. The van der Waals surface area contributed by atoms with Gasteiger partial charge < -0.3 is 9.84 Å². The Morgan fingerprint density at radius 2 is 2.21 bits per heavy atom. The Kier molecular flexibility index (Phi) is 3.75. The molecule has 0 aromatic carbocycles. The van der Waals surface area contributed by atoms with Crippen molar-refractivity contribution in [1.29, 1.82) is 0 Å². The highest BCUT2D eigenvalue weighted by atomic mass is 32.1. The highest BCUT2D eigenvalue weighted by Crippen LogP contribution is 2.35. The van der Waals surface area contributed by atoms with Crippen LogP contribution in [0, 0.1) is 6.92 Å². The smallest absolute Gasteiger partial charge is 0.435 e. The quantitative estimate of drug-likeness (QED) is 0.847. The number of hydrogen-bond acceptors (Lipinski definition) is 7. The molecule has 1 aromatic rings. The molecule has 0 bridgehead atoms. The summed E-state index contributed by atoms with van der Waals surface area (Å²) >= 11 is 1.36. The summed E-state index contributed by atoms with van der Waals surface area (Å²) in [6.07, 6.45) is -1.42. The van der Waals surface area contributed by atoms with Crippen LogP contribution in [0.3, 0.4) is 0 Å². The maximum Gasteiger partial charge on any atom is 0.435 e. The summed E-state index contributed by atoms with van der Waals surface area (Å²) in [5, 5.41) is 19.9. The lowest BCUT2D eigenvalue weighted by Crippen LogP contribution is -2.36. The molecule has 106 valence electrons. The van der Waals surface area contributed by atoms with E-state index in [1.807, 2.05) is 6.92 Å². The van der Waals surface area contributed by atoms with Crippen molar-refractivity contribution in [2.75, 3.05) is 0 Å². The van der Waals surface area contributed by atoms with Crippen LogP contribution in [-0.4, -0.2) is 38.4 Å². The van der Waals surface area contributed by atoms with Crippen LogP contribution in [0.1, 0.15) is 43.2 Å². The molecule has 8 heteroatoms. The van der Waals surface area contributed by atoms with Gasteiger partial charge in [-0.25, -0.2) is 9.63 Å². The molecule has 0 aliphatic carbocycles. The van der Waals surface area contributed by atoms with E-state index >= 15 is 0 Å². The molecule has 0 saturated carbocycles. The van der Waals surface area contributed by atoms with Gasteiger partial charge in [-0.1, -0.05) is 11.3 Å². The van der Waals surface area contributed by atoms with Crippen molar-refractivity contribution in [1.82, 2.24) is 15.3 Å². The zero-order valence-electron chi connectivity index (χ0n) is 11.3. The van der Waals surface area contributed by atoms with Crippen LogP contribution in [0.15, 0.2) is 0 Å². The van der Waals surface area contributed by atoms with Gasteiger partial charge >= 0.3 is 6.09 Å². The van der Waals surface area contributed by atoms with Gasteiger partial charge in [0.15, 0.2) is 6.29 Å². The first-order chi connectivity index (χ1) is 8.76. The van der Waals surface area contributed by atoms with Gasteiger partial charge in [0.1, 0.15) is 21.7 Å². The topological polar surface area (TPSA) is 84.8 Å². The van der Waals surface area contributed by atoms with E-state index in [2.05, 4.69) is 10.2 Å². The first-order valence-corrected chi connectivity index (χ1v) is 6.75. The zero-order chi connectivity index (χ0) is 14.2. The van der Waals surface area contributed by atoms with Gasteiger partial charge in [-0.05, 0) is 27.7 Å². The van der Waals surface area contributed by atoms with Crippen molar-refractivity contribution < 1.29 is 19.5 Å². The summed E-state index contributed by atoms with van der Waals surface area (Å²) in [7, 11) is 0. The third-order valence-corrected chi connectivity index (χ3v) is 3.28. The molecule has 1 amide bonds. The first kappa shape index (κ1) is 14.2. The van der Waals surface area contributed by atoms with Crippen LogP contribution < -0.4 is 0 Å². The summed E-state index contributed by atoms with van der Waals surface area (Å²) < 4.78 is 5.24. The van der Waals surface area contributed by atoms with E-state index in [4.69, 9.17) is 9.57 Å². The predicted molar refractivity (Wildman–Crippen MR) is 67.2 cm³/mol. The van der Waals surface area contributed by atoms with Crippen molar-refractivity contribution >= 4 is 17.4 Å². The van der Waals surface area contributed by atoms with Gasteiger partial charge in [0.25, 0.3) is 0 Å². The van der Waals surface area contributed by atoms with Crippen molar-refractivity contribution in [3.63, 3.8) is 0 Å². The standard InChI is InChI=1S/C11H17N3O4S/c1-6-12-13-9(19-6)7-5-8(15)18-14(7)10(16)17-11(2,3)4/h7-8,15H,5H2,1-4H3. The molecule has 0 radical (unpaired) electrons. The van der Waals surface area contributed by atoms with Crippen LogP contribution in [0.2, 0.25) is 0 Å². The molecular formula is C11H17N3O4S. The number of ether oxygens (including phenoxy) is 1. The molecule has 1 aliphatic rings.